The Kier molecular flexibility index (Phi) is 3.96. The smallest absolute Gasteiger partial charge is 0.394 e. The maximum Gasteiger partial charge on any atom is 0.432 e. The van der Waals surface area contributed by atoms with Crippen LogP contribution in [0.25, 0.3) is 21.9 Å². The van der Waals surface area contributed by atoms with Gasteiger partial charge in [0, 0.05) is 18.6 Å². The van der Waals surface area contributed by atoms with Crippen LogP contribution in [0, 0.1) is 11.3 Å². The van der Waals surface area contributed by atoms with Crippen LogP contribution in [0.2, 0.25) is 0 Å². The number of hydrogen-bond acceptors (Lipinski definition) is 5. The summed E-state index contributed by atoms with van der Waals surface area (Å²) >= 11 is 0. The molecule has 9 heteroatoms. The van der Waals surface area contributed by atoms with Crippen molar-refractivity contribution in [3.63, 3.8) is 0 Å². The summed E-state index contributed by atoms with van der Waals surface area (Å²) < 4.78 is 38.9. The number of nitriles is 1. The molecule has 2 aromatic heterocycles. The SMILES string of the molecule is Cn1c(CN/C=C(\N)C(F)(F)F)nc2cnc3ccc(C#N)cc3c21. The van der Waals surface area contributed by atoms with E-state index in [2.05, 4.69) is 21.4 Å². The predicted molar refractivity (Wildman–Crippen MR) is 85.9 cm³/mol. The summed E-state index contributed by atoms with van der Waals surface area (Å²) in [5.74, 6) is 0.512. The summed E-state index contributed by atoms with van der Waals surface area (Å²) in [6.07, 6.45) is -2.27. The third-order valence-electron chi connectivity index (χ3n) is 3.77. The lowest BCUT2D eigenvalue weighted by molar-refractivity contribution is -0.0930. The van der Waals surface area contributed by atoms with Crippen molar-refractivity contribution in [1.82, 2.24) is 19.9 Å². The Morgan fingerprint density at radius 3 is 2.84 bits per heavy atom. The van der Waals surface area contributed by atoms with Crippen LogP contribution >= 0.6 is 0 Å². The van der Waals surface area contributed by atoms with Crippen molar-refractivity contribution >= 4 is 21.9 Å². The molecule has 0 amide bonds. The van der Waals surface area contributed by atoms with Crippen LogP contribution in [0.5, 0.6) is 0 Å². The van der Waals surface area contributed by atoms with Gasteiger partial charge in [-0.25, -0.2) is 4.98 Å². The van der Waals surface area contributed by atoms with E-state index in [1.54, 1.807) is 36.0 Å². The molecule has 0 aliphatic carbocycles. The molecular weight excluding hydrogens is 333 g/mol. The van der Waals surface area contributed by atoms with Gasteiger partial charge in [0.2, 0.25) is 0 Å². The van der Waals surface area contributed by atoms with Crippen LogP contribution in [-0.2, 0) is 13.6 Å². The van der Waals surface area contributed by atoms with Crippen LogP contribution < -0.4 is 11.1 Å². The van der Waals surface area contributed by atoms with Crippen molar-refractivity contribution in [3.05, 3.63) is 47.7 Å². The van der Waals surface area contributed by atoms with Gasteiger partial charge < -0.3 is 15.6 Å². The number of imidazole rings is 1. The van der Waals surface area contributed by atoms with E-state index in [9.17, 15) is 13.2 Å². The van der Waals surface area contributed by atoms with E-state index in [1.165, 1.54) is 0 Å². The Labute approximate surface area is 140 Å². The fraction of sp³-hybridized carbons (Fsp3) is 0.188. The Morgan fingerprint density at radius 1 is 1.40 bits per heavy atom. The Morgan fingerprint density at radius 2 is 2.16 bits per heavy atom. The molecular formula is C16H13F3N6. The van der Waals surface area contributed by atoms with Gasteiger partial charge in [0.1, 0.15) is 17.0 Å². The fourth-order valence-corrected chi connectivity index (χ4v) is 2.51. The van der Waals surface area contributed by atoms with Gasteiger partial charge >= 0.3 is 6.18 Å². The molecule has 0 bridgehead atoms. The maximum atomic E-state index is 12.4. The lowest BCUT2D eigenvalue weighted by atomic mass is 10.1. The molecule has 0 aliphatic heterocycles. The quantitative estimate of drug-likeness (QED) is 0.760. The van der Waals surface area contributed by atoms with Crippen molar-refractivity contribution in [2.45, 2.75) is 12.7 Å². The highest BCUT2D eigenvalue weighted by Gasteiger charge is 2.31. The standard InChI is InChI=1S/C16H13F3N6/c1-25-14(8-22-7-13(21)16(17,18)19)24-12-6-23-11-3-2-9(5-20)4-10(11)15(12)25/h2-4,6-7,22H,8,21H2,1H3/b13-7-. The van der Waals surface area contributed by atoms with Crippen LogP contribution in [0.3, 0.4) is 0 Å². The monoisotopic (exact) mass is 346 g/mol. The average molecular weight is 346 g/mol. The summed E-state index contributed by atoms with van der Waals surface area (Å²) in [4.78, 5) is 8.67. The first-order valence-corrected chi connectivity index (χ1v) is 7.21. The third-order valence-corrected chi connectivity index (χ3v) is 3.77. The Balaban J connectivity index is 2.00. The van der Waals surface area contributed by atoms with Crippen molar-refractivity contribution in [3.8, 4) is 6.07 Å². The molecule has 1 aromatic carbocycles. The van der Waals surface area contributed by atoms with Gasteiger partial charge in [-0.3, -0.25) is 4.98 Å². The van der Waals surface area contributed by atoms with Gasteiger partial charge in [-0.15, -0.1) is 0 Å². The molecule has 2 heterocycles. The van der Waals surface area contributed by atoms with Crippen molar-refractivity contribution in [2.75, 3.05) is 0 Å². The minimum atomic E-state index is -4.58. The molecule has 3 aromatic rings. The van der Waals surface area contributed by atoms with Crippen LogP contribution in [0.15, 0.2) is 36.3 Å². The number of halogens is 3. The Bertz CT molecular complexity index is 1030. The molecule has 0 fully saturated rings. The molecule has 0 atom stereocenters. The number of allylic oxidation sites excluding steroid dienone is 1. The summed E-state index contributed by atoms with van der Waals surface area (Å²) in [5, 5.41) is 12.3. The zero-order valence-corrected chi connectivity index (χ0v) is 13.1. The minimum absolute atomic E-state index is 0.0569. The number of benzene rings is 1. The van der Waals surface area contributed by atoms with Crippen LogP contribution in [0.4, 0.5) is 13.2 Å². The van der Waals surface area contributed by atoms with Gasteiger partial charge in [0.15, 0.2) is 0 Å². The molecule has 0 aliphatic rings. The largest absolute Gasteiger partial charge is 0.432 e. The molecule has 0 unspecified atom stereocenters. The second-order valence-corrected chi connectivity index (χ2v) is 5.40. The molecule has 0 spiro atoms. The number of aryl methyl sites for hydroxylation is 1. The Hall–Kier alpha value is -3.28. The number of fused-ring (bicyclic) bond motifs is 3. The number of nitrogens with two attached hydrogens (primary N) is 1. The minimum Gasteiger partial charge on any atom is -0.394 e. The molecule has 3 rings (SSSR count). The highest BCUT2D eigenvalue weighted by molar-refractivity contribution is 6.02. The van der Waals surface area contributed by atoms with E-state index in [-0.39, 0.29) is 6.54 Å². The van der Waals surface area contributed by atoms with E-state index >= 15 is 0 Å². The second kappa shape index (κ2) is 5.98. The summed E-state index contributed by atoms with van der Waals surface area (Å²) in [6.45, 7) is 0.0569. The lowest BCUT2D eigenvalue weighted by Crippen LogP contribution is -2.22. The first kappa shape index (κ1) is 16.6. The highest BCUT2D eigenvalue weighted by atomic mass is 19.4. The van der Waals surface area contributed by atoms with Crippen molar-refractivity contribution in [1.29, 1.82) is 5.26 Å². The van der Waals surface area contributed by atoms with Crippen LogP contribution in [-0.4, -0.2) is 20.7 Å². The maximum absolute atomic E-state index is 12.4. The number of rotatable bonds is 3. The van der Waals surface area contributed by atoms with E-state index < -0.39 is 11.9 Å². The number of hydrogen-bond donors (Lipinski definition) is 2. The van der Waals surface area contributed by atoms with E-state index in [0.717, 1.165) is 10.9 Å². The highest BCUT2D eigenvalue weighted by Crippen LogP contribution is 2.25. The number of nitrogens with zero attached hydrogens (tertiary/aromatic N) is 4. The van der Waals surface area contributed by atoms with Gasteiger partial charge in [-0.2, -0.15) is 18.4 Å². The first-order valence-electron chi connectivity index (χ1n) is 7.21. The van der Waals surface area contributed by atoms with Gasteiger partial charge in [0.25, 0.3) is 0 Å². The third kappa shape index (κ3) is 3.06. The zero-order chi connectivity index (χ0) is 18.2. The van der Waals surface area contributed by atoms with Crippen LogP contribution in [0.1, 0.15) is 11.4 Å². The fourth-order valence-electron chi connectivity index (χ4n) is 2.51. The molecule has 0 saturated carbocycles. The first-order chi connectivity index (χ1) is 11.8. The summed E-state index contributed by atoms with van der Waals surface area (Å²) in [6, 6.07) is 7.20. The zero-order valence-electron chi connectivity index (χ0n) is 13.1. The van der Waals surface area contributed by atoms with Crippen molar-refractivity contribution in [2.24, 2.45) is 12.8 Å². The molecule has 6 nitrogen and oxygen atoms in total. The average Bonchev–Trinajstić information content (AvgIpc) is 2.90. The summed E-state index contributed by atoms with van der Waals surface area (Å²) in [7, 11) is 1.75. The molecule has 3 N–H and O–H groups in total. The number of pyridine rings is 1. The van der Waals surface area contributed by atoms with Gasteiger partial charge in [-0.1, -0.05) is 0 Å². The van der Waals surface area contributed by atoms with Crippen molar-refractivity contribution < 1.29 is 13.2 Å². The number of nitrogens with one attached hydrogen (secondary N) is 1. The molecule has 128 valence electrons. The topological polar surface area (TPSA) is 92.6 Å². The van der Waals surface area contributed by atoms with Gasteiger partial charge in [0.05, 0.1) is 35.4 Å². The molecule has 0 radical (unpaired) electrons. The van der Waals surface area contributed by atoms with Gasteiger partial charge in [-0.05, 0) is 18.2 Å². The number of alkyl halides is 3. The van der Waals surface area contributed by atoms with E-state index in [0.29, 0.717) is 28.6 Å². The molecule has 25 heavy (non-hydrogen) atoms. The van der Waals surface area contributed by atoms with E-state index in [4.69, 9.17) is 11.0 Å². The second-order valence-electron chi connectivity index (χ2n) is 5.40. The summed E-state index contributed by atoms with van der Waals surface area (Å²) in [5.41, 5.74) is 6.27. The number of aromatic nitrogens is 3. The molecule has 0 saturated heterocycles. The predicted octanol–water partition coefficient (Wildman–Crippen LogP) is 2.45. The normalized spacial score (nSPS) is 12.5. The van der Waals surface area contributed by atoms with E-state index in [1.807, 2.05) is 0 Å². The lowest BCUT2D eigenvalue weighted by Gasteiger charge is -2.08.